The van der Waals surface area contributed by atoms with Gasteiger partial charge in [0.1, 0.15) is 0 Å². The quantitative estimate of drug-likeness (QED) is 0.849. The highest BCUT2D eigenvalue weighted by Gasteiger charge is 2.30. The summed E-state index contributed by atoms with van der Waals surface area (Å²) in [5.41, 5.74) is 0.0431. The van der Waals surface area contributed by atoms with Crippen LogP contribution >= 0.6 is 0 Å². The van der Waals surface area contributed by atoms with E-state index < -0.39 is 11.7 Å². The lowest BCUT2D eigenvalue weighted by Gasteiger charge is -2.18. The summed E-state index contributed by atoms with van der Waals surface area (Å²) < 4.78 is 38.2. The van der Waals surface area contributed by atoms with E-state index in [0.29, 0.717) is 30.8 Å². The van der Waals surface area contributed by atoms with Crippen LogP contribution in [0.3, 0.4) is 0 Å². The van der Waals surface area contributed by atoms with Crippen LogP contribution in [0, 0.1) is 0 Å². The first-order valence-corrected chi connectivity index (χ1v) is 7.19. The molecule has 1 saturated heterocycles. The molecule has 0 aliphatic carbocycles. The zero-order valence-electron chi connectivity index (χ0n) is 12.6. The highest BCUT2D eigenvalue weighted by atomic mass is 19.4. The standard InChI is InChI=1S/C16H17F3N2O2/c1-11(12-3-2-4-13(10-12)16(17,18)19)9-15(23)21-7-5-14(22)20-6-8-21/h2-4,9-10H,5-8H2,1H3,(H,20,22)/b11-9-. The van der Waals surface area contributed by atoms with E-state index in [1.807, 2.05) is 0 Å². The molecule has 1 N–H and O–H groups in total. The third kappa shape index (κ3) is 4.58. The summed E-state index contributed by atoms with van der Waals surface area (Å²) in [5.74, 6) is -0.421. The number of alkyl halides is 3. The van der Waals surface area contributed by atoms with Gasteiger partial charge in [0.25, 0.3) is 0 Å². The van der Waals surface area contributed by atoms with Gasteiger partial charge in [0, 0.05) is 32.1 Å². The van der Waals surface area contributed by atoms with E-state index in [2.05, 4.69) is 5.32 Å². The fourth-order valence-electron chi connectivity index (χ4n) is 2.29. The largest absolute Gasteiger partial charge is 0.416 e. The Bertz CT molecular complexity index is 638. The molecular formula is C16H17F3N2O2. The van der Waals surface area contributed by atoms with Gasteiger partial charge in [0.15, 0.2) is 0 Å². The van der Waals surface area contributed by atoms with Gasteiger partial charge in [-0.15, -0.1) is 0 Å². The van der Waals surface area contributed by atoms with Crippen LogP contribution in [0.1, 0.15) is 24.5 Å². The highest BCUT2D eigenvalue weighted by Crippen LogP contribution is 2.30. The molecule has 0 aromatic heterocycles. The van der Waals surface area contributed by atoms with Crippen molar-refractivity contribution in [2.75, 3.05) is 19.6 Å². The van der Waals surface area contributed by atoms with Crippen LogP contribution in [0.5, 0.6) is 0 Å². The van der Waals surface area contributed by atoms with E-state index in [4.69, 9.17) is 0 Å². The maximum absolute atomic E-state index is 12.7. The van der Waals surface area contributed by atoms with Gasteiger partial charge in [-0.05, 0) is 30.2 Å². The van der Waals surface area contributed by atoms with Gasteiger partial charge in [0.05, 0.1) is 5.56 Å². The summed E-state index contributed by atoms with van der Waals surface area (Å²) in [6.45, 7) is 2.66. The van der Waals surface area contributed by atoms with Crippen LogP contribution in [-0.2, 0) is 15.8 Å². The molecule has 1 aliphatic rings. The number of allylic oxidation sites excluding steroid dienone is 1. The van der Waals surface area contributed by atoms with E-state index in [9.17, 15) is 22.8 Å². The lowest BCUT2D eigenvalue weighted by Crippen LogP contribution is -2.33. The lowest BCUT2D eigenvalue weighted by molar-refractivity contribution is -0.137. The Morgan fingerprint density at radius 1 is 1.30 bits per heavy atom. The zero-order chi connectivity index (χ0) is 17.0. The van der Waals surface area contributed by atoms with Gasteiger partial charge in [-0.1, -0.05) is 12.1 Å². The minimum absolute atomic E-state index is 0.112. The summed E-state index contributed by atoms with van der Waals surface area (Å²) >= 11 is 0. The molecule has 1 aromatic rings. The third-order valence-electron chi connectivity index (χ3n) is 3.61. The van der Waals surface area contributed by atoms with Crippen molar-refractivity contribution >= 4 is 17.4 Å². The van der Waals surface area contributed by atoms with Crippen molar-refractivity contribution in [1.29, 1.82) is 0 Å². The third-order valence-corrected chi connectivity index (χ3v) is 3.61. The minimum Gasteiger partial charge on any atom is -0.354 e. The van der Waals surface area contributed by atoms with Crippen LogP contribution in [0.25, 0.3) is 5.57 Å². The molecule has 4 nitrogen and oxygen atoms in total. The SMILES string of the molecule is C/C(=C/C(=O)N1CCNC(=O)CC1)c1cccc(C(F)(F)F)c1. The second-order valence-electron chi connectivity index (χ2n) is 5.33. The van der Waals surface area contributed by atoms with E-state index in [1.54, 1.807) is 6.92 Å². The lowest BCUT2D eigenvalue weighted by atomic mass is 10.0. The predicted octanol–water partition coefficient (Wildman–Crippen LogP) is 2.46. The molecule has 2 amide bonds. The molecule has 124 valence electrons. The van der Waals surface area contributed by atoms with E-state index in [0.717, 1.165) is 12.1 Å². The smallest absolute Gasteiger partial charge is 0.354 e. The molecule has 2 rings (SSSR count). The number of halogens is 3. The first kappa shape index (κ1) is 17.1. The van der Waals surface area contributed by atoms with Gasteiger partial charge in [0.2, 0.25) is 11.8 Å². The molecule has 0 saturated carbocycles. The van der Waals surface area contributed by atoms with Crippen molar-refractivity contribution < 1.29 is 22.8 Å². The first-order chi connectivity index (χ1) is 10.8. The maximum Gasteiger partial charge on any atom is 0.416 e. The van der Waals surface area contributed by atoms with Crippen LogP contribution in [-0.4, -0.2) is 36.3 Å². The molecule has 0 atom stereocenters. The average Bonchev–Trinajstić information content (AvgIpc) is 2.71. The van der Waals surface area contributed by atoms with Crippen LogP contribution in [0.15, 0.2) is 30.3 Å². The van der Waals surface area contributed by atoms with Gasteiger partial charge in [-0.3, -0.25) is 9.59 Å². The summed E-state index contributed by atoms with van der Waals surface area (Å²) in [6, 6.07) is 4.85. The number of nitrogens with zero attached hydrogens (tertiary/aromatic N) is 1. The molecule has 1 heterocycles. The summed E-state index contributed by atoms with van der Waals surface area (Å²) in [7, 11) is 0. The number of hydrogen-bond donors (Lipinski definition) is 1. The number of nitrogens with one attached hydrogen (secondary N) is 1. The second kappa shape index (κ2) is 6.85. The Balaban J connectivity index is 2.15. The molecule has 0 radical (unpaired) electrons. The number of carbonyl (C=O) groups excluding carboxylic acids is 2. The van der Waals surface area contributed by atoms with Crippen LogP contribution in [0.4, 0.5) is 13.2 Å². The average molecular weight is 326 g/mol. The second-order valence-corrected chi connectivity index (χ2v) is 5.33. The minimum atomic E-state index is -4.42. The molecule has 0 bridgehead atoms. The van der Waals surface area contributed by atoms with E-state index >= 15 is 0 Å². The summed E-state index contributed by atoms with van der Waals surface area (Å²) in [5, 5.41) is 2.66. The highest BCUT2D eigenvalue weighted by molar-refractivity contribution is 5.95. The first-order valence-electron chi connectivity index (χ1n) is 7.19. The van der Waals surface area contributed by atoms with E-state index in [-0.39, 0.29) is 18.2 Å². The number of rotatable bonds is 2. The predicted molar refractivity (Wildman–Crippen MR) is 79.3 cm³/mol. The Morgan fingerprint density at radius 2 is 2.04 bits per heavy atom. The fraction of sp³-hybridized carbons (Fsp3) is 0.375. The van der Waals surface area contributed by atoms with Gasteiger partial charge >= 0.3 is 6.18 Å². The van der Waals surface area contributed by atoms with Crippen molar-refractivity contribution in [3.63, 3.8) is 0 Å². The number of amides is 2. The molecular weight excluding hydrogens is 309 g/mol. The van der Waals surface area contributed by atoms with Gasteiger partial charge < -0.3 is 10.2 Å². The van der Waals surface area contributed by atoms with Crippen LogP contribution < -0.4 is 5.32 Å². The fourth-order valence-corrected chi connectivity index (χ4v) is 2.29. The molecule has 0 unspecified atom stereocenters. The molecule has 1 aromatic carbocycles. The zero-order valence-corrected chi connectivity index (χ0v) is 12.6. The summed E-state index contributed by atoms with van der Waals surface area (Å²) in [4.78, 5) is 25.0. The van der Waals surface area contributed by atoms with Gasteiger partial charge in [-0.2, -0.15) is 13.2 Å². The Labute approximate surface area is 132 Å². The van der Waals surface area contributed by atoms with Crippen molar-refractivity contribution in [3.05, 3.63) is 41.5 Å². The monoisotopic (exact) mass is 326 g/mol. The molecule has 0 spiro atoms. The number of hydrogen-bond acceptors (Lipinski definition) is 2. The Morgan fingerprint density at radius 3 is 2.74 bits per heavy atom. The topological polar surface area (TPSA) is 49.4 Å². The Hall–Kier alpha value is -2.31. The number of benzene rings is 1. The summed E-state index contributed by atoms with van der Waals surface area (Å²) in [6.07, 6.45) is -2.88. The van der Waals surface area contributed by atoms with Crippen molar-refractivity contribution in [1.82, 2.24) is 10.2 Å². The maximum atomic E-state index is 12.7. The van der Waals surface area contributed by atoms with Crippen molar-refractivity contribution in [3.8, 4) is 0 Å². The van der Waals surface area contributed by atoms with Crippen LogP contribution in [0.2, 0.25) is 0 Å². The van der Waals surface area contributed by atoms with Gasteiger partial charge in [-0.25, -0.2) is 0 Å². The molecule has 7 heteroatoms. The Kier molecular flexibility index (Phi) is 5.08. The molecule has 1 aliphatic heterocycles. The number of carbonyl (C=O) groups is 2. The van der Waals surface area contributed by atoms with Crippen molar-refractivity contribution in [2.45, 2.75) is 19.5 Å². The normalized spacial score (nSPS) is 16.8. The molecule has 1 fully saturated rings. The van der Waals surface area contributed by atoms with E-state index in [1.165, 1.54) is 23.1 Å². The van der Waals surface area contributed by atoms with Crippen molar-refractivity contribution in [2.24, 2.45) is 0 Å². The molecule has 23 heavy (non-hydrogen) atoms.